The van der Waals surface area contributed by atoms with Crippen LogP contribution in [0.1, 0.15) is 13.3 Å². The summed E-state index contributed by atoms with van der Waals surface area (Å²) in [5, 5.41) is 14.0. The number of nitriles is 1. The van der Waals surface area contributed by atoms with Gasteiger partial charge in [-0.05, 0) is 36.7 Å². The molecule has 36 heavy (non-hydrogen) atoms. The number of hydrogen-bond donors (Lipinski definition) is 2. The van der Waals surface area contributed by atoms with Gasteiger partial charge in [-0.25, -0.2) is 18.0 Å². The van der Waals surface area contributed by atoms with Crippen molar-refractivity contribution in [2.45, 2.75) is 25.4 Å². The molecule has 2 amide bonds. The van der Waals surface area contributed by atoms with E-state index >= 15 is 0 Å². The third kappa shape index (κ3) is 5.76. The topological polar surface area (TPSA) is 107 Å². The molecule has 2 N–H and O–H groups in total. The molecule has 190 valence electrons. The van der Waals surface area contributed by atoms with E-state index in [1.54, 1.807) is 30.5 Å². The number of rotatable bonds is 5. The van der Waals surface area contributed by atoms with Gasteiger partial charge in [0.15, 0.2) is 0 Å². The van der Waals surface area contributed by atoms with Crippen LogP contribution in [0.4, 0.5) is 23.7 Å². The highest BCUT2D eigenvalue weighted by Crippen LogP contribution is 2.48. The zero-order chi connectivity index (χ0) is 25.9. The van der Waals surface area contributed by atoms with Crippen LogP contribution < -0.4 is 15.5 Å². The molecular weight excluding hydrogens is 475 g/mol. The Kier molecular flexibility index (Phi) is 7.45. The predicted octanol–water partition coefficient (Wildman–Crippen LogP) is 3.35. The van der Waals surface area contributed by atoms with E-state index in [9.17, 15) is 22.8 Å². The van der Waals surface area contributed by atoms with E-state index < -0.39 is 42.2 Å². The van der Waals surface area contributed by atoms with E-state index in [1.807, 2.05) is 0 Å². The molecule has 0 radical (unpaired) electrons. The van der Waals surface area contributed by atoms with Gasteiger partial charge in [0.25, 0.3) is 5.92 Å². The molecule has 1 aliphatic carbocycles. The Hall–Kier alpha value is -3.65. The average molecular weight is 502 g/mol. The lowest BCUT2D eigenvalue weighted by Gasteiger charge is -2.14. The Morgan fingerprint density at radius 2 is 2.14 bits per heavy atom. The summed E-state index contributed by atoms with van der Waals surface area (Å²) in [5.41, 5.74) is 1.25. The summed E-state index contributed by atoms with van der Waals surface area (Å²) in [6.07, 6.45) is 1.26. The standard InChI is InChI=1S/C19H16F3N3O3.C6H10N2/c20-16-6-12(3-4-14(16)11-2-1-5-23-8-11)25-10-13(28-18(25)27)9-24-17(26)15-7-19(15,21)22;1-5-3-8-4-6(5)2-7/h1-6,8,13,15H,7,9-10H2,(H,24,26);5-6,8H,3-4H2,1H3/t;5-,6?/m.1/s1. The number of carbonyl (C=O) groups is 2. The molecule has 1 saturated carbocycles. The molecule has 3 unspecified atom stereocenters. The number of nitrogens with zero attached hydrogens (tertiary/aromatic N) is 3. The van der Waals surface area contributed by atoms with Gasteiger partial charge in [-0.1, -0.05) is 13.0 Å². The minimum Gasteiger partial charge on any atom is -0.442 e. The van der Waals surface area contributed by atoms with Crippen molar-refractivity contribution in [1.82, 2.24) is 15.6 Å². The van der Waals surface area contributed by atoms with Crippen LogP contribution in [0.25, 0.3) is 11.1 Å². The van der Waals surface area contributed by atoms with Crippen LogP contribution in [0.5, 0.6) is 0 Å². The highest BCUT2D eigenvalue weighted by Gasteiger charge is 2.61. The van der Waals surface area contributed by atoms with Crippen molar-refractivity contribution in [2.24, 2.45) is 17.8 Å². The van der Waals surface area contributed by atoms with Crippen molar-refractivity contribution >= 4 is 17.7 Å². The number of aromatic nitrogens is 1. The number of nitrogens with one attached hydrogen (secondary N) is 2. The predicted molar refractivity (Wildman–Crippen MR) is 124 cm³/mol. The number of amides is 2. The van der Waals surface area contributed by atoms with Gasteiger partial charge in [-0.3, -0.25) is 14.7 Å². The van der Waals surface area contributed by atoms with Crippen molar-refractivity contribution in [2.75, 3.05) is 31.1 Å². The van der Waals surface area contributed by atoms with Crippen molar-refractivity contribution in [3.05, 3.63) is 48.5 Å². The highest BCUT2D eigenvalue weighted by molar-refractivity contribution is 5.90. The molecule has 3 aliphatic rings. The summed E-state index contributed by atoms with van der Waals surface area (Å²) in [6, 6.07) is 10.0. The number of carbonyl (C=O) groups excluding carboxylic acids is 2. The van der Waals surface area contributed by atoms with Gasteiger partial charge in [0.05, 0.1) is 30.8 Å². The molecule has 1 aromatic carbocycles. The fraction of sp³-hybridized carbons (Fsp3) is 0.440. The van der Waals surface area contributed by atoms with Gasteiger partial charge in [0.1, 0.15) is 17.8 Å². The van der Waals surface area contributed by atoms with Crippen molar-refractivity contribution in [3.8, 4) is 17.2 Å². The quantitative estimate of drug-likeness (QED) is 0.651. The van der Waals surface area contributed by atoms with Crippen LogP contribution >= 0.6 is 0 Å². The first-order valence-corrected chi connectivity index (χ1v) is 11.6. The van der Waals surface area contributed by atoms with E-state index in [1.165, 1.54) is 17.2 Å². The average Bonchev–Trinajstić information content (AvgIpc) is 3.15. The van der Waals surface area contributed by atoms with Crippen molar-refractivity contribution in [1.29, 1.82) is 5.26 Å². The van der Waals surface area contributed by atoms with E-state index in [0.29, 0.717) is 22.7 Å². The molecule has 0 spiro atoms. The van der Waals surface area contributed by atoms with Crippen LogP contribution in [0.3, 0.4) is 0 Å². The molecule has 11 heteroatoms. The lowest BCUT2D eigenvalue weighted by atomic mass is 10.0. The SMILES string of the molecule is C[C@@H]1CNCC1C#N.O=C(NCC1CN(c2ccc(-c3cccnc3)c(F)c2)C(=O)O1)C1CC1(F)F. The zero-order valence-corrected chi connectivity index (χ0v) is 19.6. The van der Waals surface area contributed by atoms with Gasteiger partial charge >= 0.3 is 6.09 Å². The van der Waals surface area contributed by atoms with Crippen LogP contribution in [0, 0.1) is 34.9 Å². The Balaban J connectivity index is 0.000000325. The number of benzene rings is 1. The second-order valence-corrected chi connectivity index (χ2v) is 9.16. The fourth-order valence-electron chi connectivity index (χ4n) is 4.08. The zero-order valence-electron chi connectivity index (χ0n) is 19.6. The van der Waals surface area contributed by atoms with Crippen molar-refractivity contribution < 1.29 is 27.5 Å². The largest absolute Gasteiger partial charge is 0.442 e. The Morgan fingerprint density at radius 3 is 2.69 bits per heavy atom. The lowest BCUT2D eigenvalue weighted by molar-refractivity contribution is -0.124. The van der Waals surface area contributed by atoms with Gasteiger partial charge in [0, 0.05) is 36.5 Å². The summed E-state index contributed by atoms with van der Waals surface area (Å²) in [5.74, 6) is -4.72. The molecule has 2 aliphatic heterocycles. The van der Waals surface area contributed by atoms with Crippen LogP contribution in [0.15, 0.2) is 42.7 Å². The molecule has 5 rings (SSSR count). The summed E-state index contributed by atoms with van der Waals surface area (Å²) in [6.45, 7) is 4.00. The molecule has 8 nitrogen and oxygen atoms in total. The maximum atomic E-state index is 14.5. The summed E-state index contributed by atoms with van der Waals surface area (Å²) in [4.78, 5) is 28.9. The molecule has 0 bridgehead atoms. The van der Waals surface area contributed by atoms with Crippen LogP contribution in [-0.4, -0.2) is 55.2 Å². The van der Waals surface area contributed by atoms with E-state index in [0.717, 1.165) is 13.1 Å². The lowest BCUT2D eigenvalue weighted by Crippen LogP contribution is -2.36. The molecule has 3 heterocycles. The monoisotopic (exact) mass is 501 g/mol. The fourth-order valence-corrected chi connectivity index (χ4v) is 4.08. The van der Waals surface area contributed by atoms with E-state index in [2.05, 4.69) is 28.6 Å². The summed E-state index contributed by atoms with van der Waals surface area (Å²) in [7, 11) is 0. The van der Waals surface area contributed by atoms with Crippen LogP contribution in [-0.2, 0) is 9.53 Å². The number of halogens is 3. The minimum atomic E-state index is -2.95. The number of cyclic esters (lactones) is 1. The molecule has 3 fully saturated rings. The van der Waals surface area contributed by atoms with Crippen LogP contribution in [0.2, 0.25) is 0 Å². The second-order valence-electron chi connectivity index (χ2n) is 9.16. The maximum Gasteiger partial charge on any atom is 0.414 e. The first-order valence-electron chi connectivity index (χ1n) is 11.6. The molecular formula is C25H26F3N5O3. The first kappa shape index (κ1) is 25.4. The Bertz CT molecular complexity index is 1160. The number of alkyl halides is 2. The van der Waals surface area contributed by atoms with Gasteiger partial charge in [-0.2, -0.15) is 5.26 Å². The highest BCUT2D eigenvalue weighted by atomic mass is 19.3. The molecule has 2 saturated heterocycles. The summed E-state index contributed by atoms with van der Waals surface area (Å²) < 4.78 is 45.4. The smallest absolute Gasteiger partial charge is 0.414 e. The maximum absolute atomic E-state index is 14.5. The Morgan fingerprint density at radius 1 is 1.36 bits per heavy atom. The first-order chi connectivity index (χ1) is 17.2. The third-order valence-corrected chi connectivity index (χ3v) is 6.44. The summed E-state index contributed by atoms with van der Waals surface area (Å²) >= 11 is 0. The van der Waals surface area contributed by atoms with E-state index in [-0.39, 0.29) is 19.0 Å². The number of anilines is 1. The molecule has 4 atom stereocenters. The van der Waals surface area contributed by atoms with Gasteiger partial charge in [-0.15, -0.1) is 0 Å². The molecule has 1 aromatic heterocycles. The van der Waals surface area contributed by atoms with Gasteiger partial charge in [0.2, 0.25) is 5.91 Å². The Labute approximate surface area is 206 Å². The van der Waals surface area contributed by atoms with Gasteiger partial charge < -0.3 is 15.4 Å². The second kappa shape index (κ2) is 10.5. The number of hydrogen-bond acceptors (Lipinski definition) is 6. The third-order valence-electron chi connectivity index (χ3n) is 6.44. The molecule has 2 aromatic rings. The minimum absolute atomic E-state index is 0.0753. The number of ether oxygens (including phenoxy) is 1. The van der Waals surface area contributed by atoms with Crippen molar-refractivity contribution in [3.63, 3.8) is 0 Å². The number of pyridine rings is 1. The van der Waals surface area contributed by atoms with E-state index in [4.69, 9.17) is 10.00 Å². The normalized spacial score (nSPS) is 25.9.